The van der Waals surface area contributed by atoms with Crippen molar-refractivity contribution in [2.24, 2.45) is 0 Å². The topological polar surface area (TPSA) is 38.1 Å². The van der Waals surface area contributed by atoms with E-state index in [9.17, 15) is 4.79 Å². The number of hydrogen-bond acceptors (Lipinski definition) is 3. The Hall–Kier alpha value is -1.88. The minimum Gasteiger partial charge on any atom is -0.306 e. The van der Waals surface area contributed by atoms with Crippen LogP contribution in [-0.4, -0.2) is 34.8 Å². The molecule has 3 aromatic rings. The lowest BCUT2D eigenvalue weighted by Crippen LogP contribution is -2.29. The third-order valence-corrected chi connectivity index (χ3v) is 6.13. The van der Waals surface area contributed by atoms with Crippen molar-refractivity contribution < 1.29 is 0 Å². The molecule has 146 valence electrons. The molecule has 6 heteroatoms. The second kappa shape index (κ2) is 8.24. The van der Waals surface area contributed by atoms with Crippen molar-refractivity contribution in [3.8, 4) is 0 Å². The first-order valence-electron chi connectivity index (χ1n) is 9.66. The summed E-state index contributed by atoms with van der Waals surface area (Å²) in [4.78, 5) is 15.5. The van der Waals surface area contributed by atoms with E-state index in [4.69, 9.17) is 28.3 Å². The van der Waals surface area contributed by atoms with E-state index in [1.165, 1.54) is 0 Å². The molecule has 1 saturated heterocycles. The molecule has 2 aromatic carbocycles. The first kappa shape index (κ1) is 19.4. The Morgan fingerprint density at radius 2 is 1.86 bits per heavy atom. The van der Waals surface area contributed by atoms with Gasteiger partial charge in [-0.15, -0.1) is 0 Å². The Morgan fingerprint density at radius 1 is 1.07 bits per heavy atom. The van der Waals surface area contributed by atoms with Crippen LogP contribution in [-0.2, 0) is 6.42 Å². The van der Waals surface area contributed by atoms with Crippen molar-refractivity contribution >= 4 is 34.0 Å². The zero-order valence-electron chi connectivity index (χ0n) is 15.9. The number of hydrogen-bond donors (Lipinski definition) is 0. The zero-order chi connectivity index (χ0) is 19.7. The van der Waals surface area contributed by atoms with Crippen LogP contribution in [0, 0.1) is 0 Å². The summed E-state index contributed by atoms with van der Waals surface area (Å²) >= 11 is 12.4. The molecule has 1 aliphatic rings. The van der Waals surface area contributed by atoms with Crippen LogP contribution in [0.15, 0.2) is 47.3 Å². The van der Waals surface area contributed by atoms with Gasteiger partial charge in [0.05, 0.1) is 17.1 Å². The monoisotopic (exact) mass is 415 g/mol. The van der Waals surface area contributed by atoms with Crippen LogP contribution in [0.5, 0.6) is 0 Å². The molecule has 1 aliphatic heterocycles. The number of nitrogens with zero attached hydrogens (tertiary/aromatic N) is 3. The fourth-order valence-electron chi connectivity index (χ4n) is 3.96. The predicted molar refractivity (Wildman–Crippen MR) is 116 cm³/mol. The Bertz CT molecular complexity index is 1060. The summed E-state index contributed by atoms with van der Waals surface area (Å²) < 4.78 is 1.72. The fourth-order valence-corrected chi connectivity index (χ4v) is 4.44. The normalized spacial score (nSPS) is 18.3. The zero-order valence-corrected chi connectivity index (χ0v) is 17.4. The van der Waals surface area contributed by atoms with E-state index in [2.05, 4.69) is 11.9 Å². The van der Waals surface area contributed by atoms with Gasteiger partial charge in [-0.3, -0.25) is 4.79 Å². The van der Waals surface area contributed by atoms with Crippen LogP contribution in [0.4, 0.5) is 0 Å². The van der Waals surface area contributed by atoms with Crippen LogP contribution in [0.25, 0.3) is 10.8 Å². The lowest BCUT2D eigenvalue weighted by Gasteiger charge is -2.19. The molecule has 28 heavy (non-hydrogen) atoms. The fraction of sp³-hybridized carbons (Fsp3) is 0.364. The van der Waals surface area contributed by atoms with Crippen LogP contribution in [0.3, 0.4) is 0 Å². The van der Waals surface area contributed by atoms with Crippen molar-refractivity contribution in [1.29, 1.82) is 0 Å². The summed E-state index contributed by atoms with van der Waals surface area (Å²) in [6, 6.07) is 13.4. The van der Waals surface area contributed by atoms with Gasteiger partial charge in [-0.05, 0) is 63.2 Å². The molecule has 4 rings (SSSR count). The van der Waals surface area contributed by atoms with Crippen molar-refractivity contribution in [3.63, 3.8) is 0 Å². The number of likely N-dealkylation sites (tertiary alicyclic amines) is 1. The van der Waals surface area contributed by atoms with Crippen LogP contribution in [0.1, 0.15) is 36.6 Å². The standard InChI is InChI=1S/C22H23Cl2N3O/c1-26-11-4-5-17(10-12-26)27-22(28)19-7-3-2-6-18(19)21(25-27)13-15-8-9-16(23)14-20(15)24/h2-3,6-9,14,17H,4-5,10-13H2,1H3. The van der Waals surface area contributed by atoms with Gasteiger partial charge in [0.2, 0.25) is 0 Å². The van der Waals surface area contributed by atoms with Crippen molar-refractivity contribution in [2.45, 2.75) is 31.7 Å². The molecule has 0 bridgehead atoms. The summed E-state index contributed by atoms with van der Waals surface area (Å²) in [5, 5.41) is 7.68. The molecule has 2 heterocycles. The maximum Gasteiger partial charge on any atom is 0.274 e. The van der Waals surface area contributed by atoms with Gasteiger partial charge in [-0.25, -0.2) is 4.68 Å². The van der Waals surface area contributed by atoms with Crippen molar-refractivity contribution in [1.82, 2.24) is 14.7 Å². The summed E-state index contributed by atoms with van der Waals surface area (Å²) in [5.41, 5.74) is 1.82. The Balaban J connectivity index is 1.81. The maximum atomic E-state index is 13.2. The highest BCUT2D eigenvalue weighted by Crippen LogP contribution is 2.26. The van der Waals surface area contributed by atoms with E-state index < -0.39 is 0 Å². The van der Waals surface area contributed by atoms with E-state index in [-0.39, 0.29) is 11.6 Å². The highest BCUT2D eigenvalue weighted by molar-refractivity contribution is 6.35. The predicted octanol–water partition coefficient (Wildman–Crippen LogP) is 4.95. The summed E-state index contributed by atoms with van der Waals surface area (Å²) in [7, 11) is 2.13. The molecule has 1 unspecified atom stereocenters. The second-order valence-electron chi connectivity index (χ2n) is 7.54. The highest BCUT2D eigenvalue weighted by atomic mass is 35.5. The highest BCUT2D eigenvalue weighted by Gasteiger charge is 2.21. The van der Waals surface area contributed by atoms with Gasteiger partial charge in [0.15, 0.2) is 0 Å². The second-order valence-corrected chi connectivity index (χ2v) is 8.39. The molecule has 0 N–H and O–H groups in total. The van der Waals surface area contributed by atoms with E-state index in [1.54, 1.807) is 10.7 Å². The summed E-state index contributed by atoms with van der Waals surface area (Å²) in [6.45, 7) is 2.04. The average Bonchev–Trinajstić information content (AvgIpc) is 2.90. The molecule has 1 fully saturated rings. The quantitative estimate of drug-likeness (QED) is 0.607. The molecule has 0 amide bonds. The lowest BCUT2D eigenvalue weighted by atomic mass is 10.0. The van der Waals surface area contributed by atoms with E-state index >= 15 is 0 Å². The number of benzene rings is 2. The molecule has 0 aliphatic carbocycles. The van der Waals surface area contributed by atoms with Gasteiger partial charge in [0.1, 0.15) is 0 Å². The molecule has 0 radical (unpaired) electrons. The SMILES string of the molecule is CN1CCCC(n2nc(Cc3ccc(Cl)cc3Cl)c3ccccc3c2=O)CC1. The van der Waals surface area contributed by atoms with Gasteiger partial charge < -0.3 is 4.90 Å². The Labute approximate surface area is 174 Å². The van der Waals surface area contributed by atoms with Crippen molar-refractivity contribution in [3.05, 3.63) is 74.1 Å². The van der Waals surface area contributed by atoms with Gasteiger partial charge in [0.25, 0.3) is 5.56 Å². The largest absolute Gasteiger partial charge is 0.306 e. The third-order valence-electron chi connectivity index (χ3n) is 5.55. The van der Waals surface area contributed by atoms with Gasteiger partial charge >= 0.3 is 0 Å². The average molecular weight is 416 g/mol. The molecular formula is C22H23Cl2N3O. The van der Waals surface area contributed by atoms with Gasteiger partial charge in [-0.1, -0.05) is 47.5 Å². The van der Waals surface area contributed by atoms with Crippen LogP contribution < -0.4 is 5.56 Å². The molecule has 1 aromatic heterocycles. The molecule has 1 atom stereocenters. The van der Waals surface area contributed by atoms with E-state index in [0.29, 0.717) is 16.5 Å². The maximum absolute atomic E-state index is 13.2. The molecule has 4 nitrogen and oxygen atoms in total. The van der Waals surface area contributed by atoms with E-state index in [1.807, 2.05) is 36.4 Å². The molecule has 0 saturated carbocycles. The number of fused-ring (bicyclic) bond motifs is 1. The van der Waals surface area contributed by atoms with Crippen LogP contribution >= 0.6 is 23.2 Å². The lowest BCUT2D eigenvalue weighted by molar-refractivity contribution is 0.334. The number of halogens is 2. The minimum absolute atomic E-state index is 0.00361. The first-order valence-corrected chi connectivity index (χ1v) is 10.4. The van der Waals surface area contributed by atoms with Gasteiger partial charge in [-0.2, -0.15) is 5.10 Å². The van der Waals surface area contributed by atoms with Crippen molar-refractivity contribution in [2.75, 3.05) is 20.1 Å². The third kappa shape index (κ3) is 3.95. The molecular weight excluding hydrogens is 393 g/mol. The summed E-state index contributed by atoms with van der Waals surface area (Å²) in [6.07, 6.45) is 3.53. The smallest absolute Gasteiger partial charge is 0.274 e. The van der Waals surface area contributed by atoms with Gasteiger partial charge in [0, 0.05) is 21.9 Å². The Kier molecular flexibility index (Phi) is 5.72. The number of rotatable bonds is 3. The number of aromatic nitrogens is 2. The first-order chi connectivity index (χ1) is 13.5. The minimum atomic E-state index is -0.00361. The van der Waals surface area contributed by atoms with Crippen LogP contribution in [0.2, 0.25) is 10.0 Å². The summed E-state index contributed by atoms with van der Waals surface area (Å²) in [5.74, 6) is 0. The molecule has 0 spiro atoms. The Morgan fingerprint density at radius 3 is 2.64 bits per heavy atom. The van der Waals surface area contributed by atoms with E-state index in [0.717, 1.165) is 54.4 Å².